The van der Waals surface area contributed by atoms with Crippen molar-refractivity contribution in [3.8, 4) is 0 Å². The third-order valence-electron chi connectivity index (χ3n) is 5.60. The van der Waals surface area contributed by atoms with E-state index >= 15 is 0 Å². The summed E-state index contributed by atoms with van der Waals surface area (Å²) in [6.45, 7) is 0.0152. The van der Waals surface area contributed by atoms with Gasteiger partial charge in [0.15, 0.2) is 5.76 Å². The Morgan fingerprint density at radius 3 is 2.32 bits per heavy atom. The molecule has 5 rings (SSSR count). The standard InChI is InChI=1S/C17H22N2O3/c20-15(10-18-16(21)14-2-1-3-22-14)19-17-7-11-4-12(8-17)6-13(5-11)9-17/h1-3,11-13H,4-10H2,(H,18,21)(H,19,20). The molecule has 0 spiro atoms. The van der Waals surface area contributed by atoms with Crippen LogP contribution >= 0.6 is 0 Å². The highest BCUT2D eigenvalue weighted by molar-refractivity contribution is 5.94. The molecule has 22 heavy (non-hydrogen) atoms. The average Bonchev–Trinajstić information content (AvgIpc) is 2.97. The Bertz CT molecular complexity index is 543. The summed E-state index contributed by atoms with van der Waals surface area (Å²) in [4.78, 5) is 24.0. The van der Waals surface area contributed by atoms with Crippen LogP contribution in [0.4, 0.5) is 0 Å². The van der Waals surface area contributed by atoms with Crippen molar-refractivity contribution >= 4 is 11.8 Å². The molecule has 0 saturated heterocycles. The summed E-state index contributed by atoms with van der Waals surface area (Å²) in [7, 11) is 0. The lowest BCUT2D eigenvalue weighted by Crippen LogP contribution is -2.61. The lowest BCUT2D eigenvalue weighted by atomic mass is 9.53. The van der Waals surface area contributed by atoms with Crippen LogP contribution in [0.25, 0.3) is 0 Å². The summed E-state index contributed by atoms with van der Waals surface area (Å²) in [6, 6.07) is 3.25. The van der Waals surface area contributed by atoms with Crippen LogP contribution in [0.3, 0.4) is 0 Å². The summed E-state index contributed by atoms with van der Waals surface area (Å²) in [5.41, 5.74) is 0.00123. The number of carbonyl (C=O) groups is 2. The first-order valence-electron chi connectivity index (χ1n) is 8.25. The smallest absolute Gasteiger partial charge is 0.287 e. The van der Waals surface area contributed by atoms with Crippen molar-refractivity contribution in [1.29, 1.82) is 0 Å². The van der Waals surface area contributed by atoms with Crippen LogP contribution in [-0.4, -0.2) is 23.9 Å². The van der Waals surface area contributed by atoms with Crippen molar-refractivity contribution in [2.75, 3.05) is 6.54 Å². The SMILES string of the molecule is O=C(CNC(=O)c1ccco1)NC12CC3CC(CC(C3)C1)C2. The zero-order chi connectivity index (χ0) is 15.2. The van der Waals surface area contributed by atoms with Gasteiger partial charge >= 0.3 is 0 Å². The lowest BCUT2D eigenvalue weighted by molar-refractivity contribution is -0.125. The Kier molecular flexibility index (Phi) is 3.24. The number of rotatable bonds is 4. The summed E-state index contributed by atoms with van der Waals surface area (Å²) in [6.07, 6.45) is 8.87. The second-order valence-electron chi connectivity index (χ2n) is 7.41. The Morgan fingerprint density at radius 1 is 1.14 bits per heavy atom. The zero-order valence-electron chi connectivity index (χ0n) is 12.6. The predicted octanol–water partition coefficient (Wildman–Crippen LogP) is 2.09. The van der Waals surface area contributed by atoms with E-state index in [2.05, 4.69) is 10.6 Å². The van der Waals surface area contributed by atoms with E-state index in [9.17, 15) is 9.59 Å². The van der Waals surface area contributed by atoms with Crippen molar-refractivity contribution < 1.29 is 14.0 Å². The van der Waals surface area contributed by atoms with Gasteiger partial charge in [-0.2, -0.15) is 0 Å². The monoisotopic (exact) mass is 302 g/mol. The fourth-order valence-corrected chi connectivity index (χ4v) is 5.26. The summed E-state index contributed by atoms with van der Waals surface area (Å²) < 4.78 is 5.02. The molecule has 0 atom stereocenters. The Balaban J connectivity index is 1.33. The van der Waals surface area contributed by atoms with Gasteiger partial charge in [0.1, 0.15) is 0 Å². The first kappa shape index (κ1) is 13.9. The number of hydrogen-bond acceptors (Lipinski definition) is 3. The third kappa shape index (κ3) is 2.53. The minimum Gasteiger partial charge on any atom is -0.459 e. The maximum absolute atomic E-state index is 12.2. The normalized spacial score (nSPS) is 35.4. The molecule has 2 N–H and O–H groups in total. The van der Waals surface area contributed by atoms with Gasteiger partial charge in [-0.15, -0.1) is 0 Å². The van der Waals surface area contributed by atoms with Crippen molar-refractivity contribution in [3.63, 3.8) is 0 Å². The Labute approximate surface area is 129 Å². The van der Waals surface area contributed by atoms with Crippen LogP contribution in [0.15, 0.2) is 22.8 Å². The van der Waals surface area contributed by atoms with Crippen LogP contribution in [0.2, 0.25) is 0 Å². The second-order valence-corrected chi connectivity index (χ2v) is 7.41. The average molecular weight is 302 g/mol. The summed E-state index contributed by atoms with van der Waals surface area (Å²) in [5.74, 6) is 2.20. The predicted molar refractivity (Wildman–Crippen MR) is 80.1 cm³/mol. The molecule has 0 unspecified atom stereocenters. The lowest BCUT2D eigenvalue weighted by Gasteiger charge is -2.56. The molecule has 4 aliphatic carbocycles. The molecule has 0 aromatic carbocycles. The number of nitrogens with one attached hydrogen (secondary N) is 2. The molecule has 4 aliphatic rings. The van der Waals surface area contributed by atoms with Crippen molar-refractivity contribution in [3.05, 3.63) is 24.2 Å². The topological polar surface area (TPSA) is 71.3 Å². The van der Waals surface area contributed by atoms with E-state index in [1.165, 1.54) is 25.5 Å². The van der Waals surface area contributed by atoms with Crippen molar-refractivity contribution in [1.82, 2.24) is 10.6 Å². The zero-order valence-corrected chi connectivity index (χ0v) is 12.6. The van der Waals surface area contributed by atoms with E-state index in [-0.39, 0.29) is 29.7 Å². The van der Waals surface area contributed by atoms with Gasteiger partial charge in [-0.05, 0) is 68.4 Å². The van der Waals surface area contributed by atoms with E-state index in [1.807, 2.05) is 0 Å². The van der Waals surface area contributed by atoms with Gasteiger partial charge in [-0.3, -0.25) is 9.59 Å². The number of carbonyl (C=O) groups excluding carboxylic acids is 2. The number of amides is 2. The molecule has 4 saturated carbocycles. The molecular formula is C17H22N2O3. The minimum atomic E-state index is -0.342. The Morgan fingerprint density at radius 2 is 1.77 bits per heavy atom. The first-order valence-corrected chi connectivity index (χ1v) is 8.25. The molecule has 1 aromatic rings. The molecular weight excluding hydrogens is 280 g/mol. The maximum atomic E-state index is 12.2. The highest BCUT2D eigenvalue weighted by Crippen LogP contribution is 2.55. The molecule has 0 aliphatic heterocycles. The molecule has 2 amide bonds. The Hall–Kier alpha value is -1.78. The summed E-state index contributed by atoms with van der Waals surface area (Å²) in [5, 5.41) is 5.86. The molecule has 1 aromatic heterocycles. The largest absolute Gasteiger partial charge is 0.459 e. The molecule has 4 bridgehead atoms. The van der Waals surface area contributed by atoms with Crippen LogP contribution in [0.5, 0.6) is 0 Å². The van der Waals surface area contributed by atoms with Crippen LogP contribution in [-0.2, 0) is 4.79 Å². The van der Waals surface area contributed by atoms with Crippen LogP contribution in [0.1, 0.15) is 49.1 Å². The number of furan rings is 1. The van der Waals surface area contributed by atoms with Crippen molar-refractivity contribution in [2.24, 2.45) is 17.8 Å². The van der Waals surface area contributed by atoms with Gasteiger partial charge < -0.3 is 15.1 Å². The van der Waals surface area contributed by atoms with Gasteiger partial charge in [-0.25, -0.2) is 0 Å². The molecule has 5 heteroatoms. The van der Waals surface area contributed by atoms with E-state index in [4.69, 9.17) is 4.42 Å². The number of hydrogen-bond donors (Lipinski definition) is 2. The fraction of sp³-hybridized carbons (Fsp3) is 0.647. The van der Waals surface area contributed by atoms with E-state index < -0.39 is 0 Å². The fourth-order valence-electron chi connectivity index (χ4n) is 5.26. The maximum Gasteiger partial charge on any atom is 0.287 e. The second kappa shape index (κ2) is 5.14. The quantitative estimate of drug-likeness (QED) is 0.894. The van der Waals surface area contributed by atoms with Gasteiger partial charge in [0, 0.05) is 5.54 Å². The molecule has 1 heterocycles. The highest BCUT2D eigenvalue weighted by Gasteiger charge is 2.51. The van der Waals surface area contributed by atoms with E-state index in [1.54, 1.807) is 12.1 Å². The first-order chi connectivity index (χ1) is 10.6. The van der Waals surface area contributed by atoms with Crippen LogP contribution in [0, 0.1) is 17.8 Å². The van der Waals surface area contributed by atoms with Gasteiger partial charge in [0.2, 0.25) is 5.91 Å². The molecule has 4 fully saturated rings. The molecule has 118 valence electrons. The van der Waals surface area contributed by atoms with E-state index in [0.29, 0.717) is 0 Å². The molecule has 5 nitrogen and oxygen atoms in total. The third-order valence-corrected chi connectivity index (χ3v) is 5.60. The minimum absolute atomic E-state index is 0.00123. The van der Waals surface area contributed by atoms with Gasteiger partial charge in [-0.1, -0.05) is 0 Å². The van der Waals surface area contributed by atoms with Gasteiger partial charge in [0.25, 0.3) is 5.91 Å². The highest BCUT2D eigenvalue weighted by atomic mass is 16.3. The van der Waals surface area contributed by atoms with Crippen LogP contribution < -0.4 is 10.6 Å². The van der Waals surface area contributed by atoms with Crippen molar-refractivity contribution in [2.45, 2.75) is 44.1 Å². The van der Waals surface area contributed by atoms with Gasteiger partial charge in [0.05, 0.1) is 12.8 Å². The summed E-state index contributed by atoms with van der Waals surface area (Å²) >= 11 is 0. The molecule has 0 radical (unpaired) electrons. The van der Waals surface area contributed by atoms with E-state index in [0.717, 1.165) is 37.0 Å².